The third-order valence-electron chi connectivity index (χ3n) is 2.64. The summed E-state index contributed by atoms with van der Waals surface area (Å²) in [6, 6.07) is 0.809. The van der Waals surface area contributed by atoms with Crippen molar-refractivity contribution in [2.75, 3.05) is 12.8 Å². The highest BCUT2D eigenvalue weighted by atomic mass is 32.2. The molecule has 0 spiro atoms. The molecule has 1 rings (SSSR count). The van der Waals surface area contributed by atoms with E-state index in [2.05, 4.69) is 31.1 Å². The molecule has 0 aromatic heterocycles. The standard InChI is InChI=1S/C10H21NS/c1-3-4-7-12-10-6-5-9(8-10)11-2/h9-11H,3-8H2,1-2H3. The lowest BCUT2D eigenvalue weighted by molar-refractivity contribution is 0.583. The fourth-order valence-electron chi connectivity index (χ4n) is 1.75. The second-order valence-electron chi connectivity index (χ2n) is 3.65. The first-order valence-corrected chi connectivity index (χ1v) is 6.20. The van der Waals surface area contributed by atoms with Crippen LogP contribution in [-0.2, 0) is 0 Å². The van der Waals surface area contributed by atoms with Crippen molar-refractivity contribution in [1.82, 2.24) is 5.32 Å². The third kappa shape index (κ3) is 3.36. The Morgan fingerprint density at radius 2 is 2.25 bits per heavy atom. The normalized spacial score (nSPS) is 29.5. The van der Waals surface area contributed by atoms with Crippen molar-refractivity contribution in [3.8, 4) is 0 Å². The average Bonchev–Trinajstić information content (AvgIpc) is 2.53. The summed E-state index contributed by atoms with van der Waals surface area (Å²) in [5, 5.41) is 4.32. The molecule has 0 bridgehead atoms. The summed E-state index contributed by atoms with van der Waals surface area (Å²) in [6.45, 7) is 2.27. The van der Waals surface area contributed by atoms with Gasteiger partial charge >= 0.3 is 0 Å². The minimum Gasteiger partial charge on any atom is -0.317 e. The van der Waals surface area contributed by atoms with Gasteiger partial charge in [-0.1, -0.05) is 13.3 Å². The molecule has 12 heavy (non-hydrogen) atoms. The van der Waals surface area contributed by atoms with Gasteiger partial charge in [-0.3, -0.25) is 0 Å². The van der Waals surface area contributed by atoms with E-state index < -0.39 is 0 Å². The molecular weight excluding hydrogens is 166 g/mol. The molecule has 1 fully saturated rings. The number of nitrogens with one attached hydrogen (secondary N) is 1. The predicted molar refractivity (Wildman–Crippen MR) is 57.9 cm³/mol. The molecule has 0 radical (unpaired) electrons. The van der Waals surface area contributed by atoms with Crippen LogP contribution in [0.5, 0.6) is 0 Å². The zero-order valence-electron chi connectivity index (χ0n) is 8.31. The first-order valence-electron chi connectivity index (χ1n) is 5.15. The van der Waals surface area contributed by atoms with E-state index in [1.165, 1.54) is 37.9 Å². The Bertz CT molecular complexity index is 116. The van der Waals surface area contributed by atoms with E-state index in [0.717, 1.165) is 11.3 Å². The van der Waals surface area contributed by atoms with Gasteiger partial charge < -0.3 is 5.32 Å². The SMILES string of the molecule is CCCCSC1CCC(NC)C1. The van der Waals surface area contributed by atoms with Crippen LogP contribution >= 0.6 is 11.8 Å². The first kappa shape index (κ1) is 10.4. The van der Waals surface area contributed by atoms with Crippen LogP contribution in [0.2, 0.25) is 0 Å². The van der Waals surface area contributed by atoms with Gasteiger partial charge in [-0.25, -0.2) is 0 Å². The molecule has 0 aromatic carbocycles. The summed E-state index contributed by atoms with van der Waals surface area (Å²) in [5.74, 6) is 1.37. The zero-order chi connectivity index (χ0) is 8.81. The second kappa shape index (κ2) is 5.87. The summed E-state index contributed by atoms with van der Waals surface area (Å²) in [4.78, 5) is 0. The largest absolute Gasteiger partial charge is 0.317 e. The Morgan fingerprint density at radius 1 is 1.42 bits per heavy atom. The van der Waals surface area contributed by atoms with Gasteiger partial charge in [0.05, 0.1) is 0 Å². The van der Waals surface area contributed by atoms with Gasteiger partial charge in [0.25, 0.3) is 0 Å². The zero-order valence-corrected chi connectivity index (χ0v) is 9.12. The molecule has 1 nitrogen and oxygen atoms in total. The topological polar surface area (TPSA) is 12.0 Å². The number of thioether (sulfide) groups is 1. The van der Waals surface area contributed by atoms with E-state index in [1.54, 1.807) is 0 Å². The molecule has 0 aliphatic heterocycles. The van der Waals surface area contributed by atoms with Gasteiger partial charge in [-0.15, -0.1) is 0 Å². The number of rotatable bonds is 5. The molecule has 2 heteroatoms. The lowest BCUT2D eigenvalue weighted by Crippen LogP contribution is -2.21. The van der Waals surface area contributed by atoms with Crippen LogP contribution in [-0.4, -0.2) is 24.1 Å². The van der Waals surface area contributed by atoms with Gasteiger partial charge in [-0.05, 0) is 38.5 Å². The van der Waals surface area contributed by atoms with Crippen molar-refractivity contribution in [2.45, 2.75) is 50.3 Å². The van der Waals surface area contributed by atoms with Gasteiger partial charge in [-0.2, -0.15) is 11.8 Å². The number of hydrogen-bond acceptors (Lipinski definition) is 2. The Morgan fingerprint density at radius 3 is 2.83 bits per heavy atom. The highest BCUT2D eigenvalue weighted by Crippen LogP contribution is 2.30. The highest BCUT2D eigenvalue weighted by molar-refractivity contribution is 7.99. The molecular formula is C10H21NS. The predicted octanol–water partition coefficient (Wildman–Crippen LogP) is 2.66. The van der Waals surface area contributed by atoms with Crippen LogP contribution in [0.1, 0.15) is 39.0 Å². The van der Waals surface area contributed by atoms with E-state index in [4.69, 9.17) is 0 Å². The van der Waals surface area contributed by atoms with E-state index >= 15 is 0 Å². The fraction of sp³-hybridized carbons (Fsp3) is 1.00. The van der Waals surface area contributed by atoms with Crippen molar-refractivity contribution in [3.63, 3.8) is 0 Å². The van der Waals surface area contributed by atoms with Gasteiger partial charge in [0, 0.05) is 11.3 Å². The average molecular weight is 187 g/mol. The maximum absolute atomic E-state index is 3.37. The molecule has 1 N–H and O–H groups in total. The Labute approximate surface area is 80.7 Å². The molecule has 0 heterocycles. The Hall–Kier alpha value is 0.310. The first-order chi connectivity index (χ1) is 5.86. The van der Waals surface area contributed by atoms with Crippen molar-refractivity contribution in [3.05, 3.63) is 0 Å². The summed E-state index contributed by atoms with van der Waals surface area (Å²) in [5.41, 5.74) is 0. The van der Waals surface area contributed by atoms with E-state index in [9.17, 15) is 0 Å². The van der Waals surface area contributed by atoms with Crippen molar-refractivity contribution in [1.29, 1.82) is 0 Å². The maximum Gasteiger partial charge on any atom is 0.00750 e. The van der Waals surface area contributed by atoms with Crippen LogP contribution in [0.25, 0.3) is 0 Å². The molecule has 1 saturated carbocycles. The monoisotopic (exact) mass is 187 g/mol. The second-order valence-corrected chi connectivity index (χ2v) is 5.05. The van der Waals surface area contributed by atoms with Crippen LogP contribution < -0.4 is 5.32 Å². The highest BCUT2D eigenvalue weighted by Gasteiger charge is 2.22. The lowest BCUT2D eigenvalue weighted by atomic mass is 10.3. The summed E-state index contributed by atoms with van der Waals surface area (Å²) < 4.78 is 0. The molecule has 2 atom stereocenters. The molecule has 0 saturated heterocycles. The van der Waals surface area contributed by atoms with E-state index in [-0.39, 0.29) is 0 Å². The Balaban J connectivity index is 2.03. The van der Waals surface area contributed by atoms with Gasteiger partial charge in [0.15, 0.2) is 0 Å². The molecule has 1 aliphatic carbocycles. The van der Waals surface area contributed by atoms with Gasteiger partial charge in [0.2, 0.25) is 0 Å². The molecule has 72 valence electrons. The van der Waals surface area contributed by atoms with Crippen LogP contribution in [0.4, 0.5) is 0 Å². The van der Waals surface area contributed by atoms with Crippen LogP contribution in [0.15, 0.2) is 0 Å². The van der Waals surface area contributed by atoms with Crippen LogP contribution in [0, 0.1) is 0 Å². The minimum absolute atomic E-state index is 0.809. The summed E-state index contributed by atoms with van der Waals surface area (Å²) in [6.07, 6.45) is 6.95. The summed E-state index contributed by atoms with van der Waals surface area (Å²) in [7, 11) is 2.09. The fourth-order valence-corrected chi connectivity index (χ4v) is 3.21. The quantitative estimate of drug-likeness (QED) is 0.664. The van der Waals surface area contributed by atoms with Crippen molar-refractivity contribution < 1.29 is 0 Å². The van der Waals surface area contributed by atoms with Crippen molar-refractivity contribution in [2.24, 2.45) is 0 Å². The molecule has 0 aromatic rings. The maximum atomic E-state index is 3.37. The molecule has 2 unspecified atom stereocenters. The molecule has 1 aliphatic rings. The van der Waals surface area contributed by atoms with E-state index in [0.29, 0.717) is 0 Å². The summed E-state index contributed by atoms with van der Waals surface area (Å²) >= 11 is 2.19. The number of hydrogen-bond donors (Lipinski definition) is 1. The smallest absolute Gasteiger partial charge is 0.00750 e. The molecule has 0 amide bonds. The Kier molecular flexibility index (Phi) is 5.08. The minimum atomic E-state index is 0.809. The lowest BCUT2D eigenvalue weighted by Gasteiger charge is -2.09. The van der Waals surface area contributed by atoms with E-state index in [1.807, 2.05) is 0 Å². The number of unbranched alkanes of at least 4 members (excludes halogenated alkanes) is 1. The van der Waals surface area contributed by atoms with Crippen molar-refractivity contribution >= 4 is 11.8 Å². The third-order valence-corrected chi connectivity index (χ3v) is 4.07. The van der Waals surface area contributed by atoms with Gasteiger partial charge in [0.1, 0.15) is 0 Å². The van der Waals surface area contributed by atoms with Crippen LogP contribution in [0.3, 0.4) is 0 Å².